The fourth-order valence-electron chi connectivity index (χ4n) is 1.04. The molecule has 0 aliphatic rings. The maximum atomic E-state index is 5.95. The van der Waals surface area contributed by atoms with E-state index in [1.54, 1.807) is 18.5 Å². The molecule has 0 amide bonds. The van der Waals surface area contributed by atoms with Gasteiger partial charge < -0.3 is 0 Å². The molecule has 15 heavy (non-hydrogen) atoms. The lowest BCUT2D eigenvalue weighted by Gasteiger charge is -2.02. The quantitative estimate of drug-likeness (QED) is 0.595. The van der Waals surface area contributed by atoms with E-state index < -0.39 is 0 Å². The Bertz CT molecular complexity index is 466. The van der Waals surface area contributed by atoms with Crippen LogP contribution in [0.25, 0.3) is 11.6 Å². The van der Waals surface area contributed by atoms with Crippen LogP contribution in [0.2, 0.25) is 5.15 Å². The summed E-state index contributed by atoms with van der Waals surface area (Å²) in [6.45, 7) is 1.88. The van der Waals surface area contributed by atoms with Crippen LogP contribution in [0.5, 0.6) is 0 Å². The first-order chi connectivity index (χ1) is 7.18. The topological polar surface area (TPSA) is 51.6 Å². The summed E-state index contributed by atoms with van der Waals surface area (Å²) in [6.07, 6.45) is 3.29. The van der Waals surface area contributed by atoms with Crippen molar-refractivity contribution >= 4 is 34.2 Å². The van der Waals surface area contributed by atoms with Crippen LogP contribution >= 0.6 is 34.2 Å². The molecule has 0 bridgehead atoms. The number of aryl methyl sites for hydroxylation is 1. The third kappa shape index (κ3) is 2.23. The van der Waals surface area contributed by atoms with Crippen molar-refractivity contribution in [3.63, 3.8) is 0 Å². The van der Waals surface area contributed by atoms with Crippen molar-refractivity contribution < 1.29 is 0 Å². The standard InChI is InChI=1S/C9H6ClIN4/c1-5-6(11)7(10)15-9(14-5)8-12-3-2-4-13-8/h2-4H,1H3. The zero-order chi connectivity index (χ0) is 10.8. The van der Waals surface area contributed by atoms with Gasteiger partial charge in [0.1, 0.15) is 5.15 Å². The van der Waals surface area contributed by atoms with Gasteiger partial charge in [-0.05, 0) is 35.6 Å². The second-order valence-corrected chi connectivity index (χ2v) is 4.25. The van der Waals surface area contributed by atoms with E-state index in [-0.39, 0.29) is 0 Å². The van der Waals surface area contributed by atoms with Gasteiger partial charge in [-0.25, -0.2) is 19.9 Å². The molecule has 0 fully saturated rings. The van der Waals surface area contributed by atoms with Crippen LogP contribution in [0.3, 0.4) is 0 Å². The van der Waals surface area contributed by atoms with E-state index in [0.29, 0.717) is 16.8 Å². The molecule has 0 spiro atoms. The van der Waals surface area contributed by atoms with Crippen LogP contribution in [0.1, 0.15) is 5.69 Å². The number of halogens is 2. The summed E-state index contributed by atoms with van der Waals surface area (Å²) in [5.41, 5.74) is 0.832. The normalized spacial score (nSPS) is 10.3. The van der Waals surface area contributed by atoms with E-state index in [2.05, 4.69) is 42.5 Å². The Morgan fingerprint density at radius 2 is 1.80 bits per heavy atom. The summed E-state index contributed by atoms with van der Waals surface area (Å²) in [5.74, 6) is 0.942. The summed E-state index contributed by atoms with van der Waals surface area (Å²) < 4.78 is 0.856. The molecular weight excluding hydrogens is 326 g/mol. The van der Waals surface area contributed by atoms with E-state index in [0.717, 1.165) is 9.26 Å². The molecule has 6 heteroatoms. The van der Waals surface area contributed by atoms with Gasteiger partial charge in [0, 0.05) is 12.4 Å². The van der Waals surface area contributed by atoms with Crippen molar-refractivity contribution in [2.45, 2.75) is 6.92 Å². The second-order valence-electron chi connectivity index (χ2n) is 2.81. The summed E-state index contributed by atoms with van der Waals surface area (Å²) in [5, 5.41) is 0.436. The van der Waals surface area contributed by atoms with Crippen molar-refractivity contribution in [2.75, 3.05) is 0 Å². The highest BCUT2D eigenvalue weighted by Crippen LogP contribution is 2.21. The highest BCUT2D eigenvalue weighted by molar-refractivity contribution is 14.1. The zero-order valence-electron chi connectivity index (χ0n) is 7.78. The minimum atomic E-state index is 0.436. The third-order valence-electron chi connectivity index (χ3n) is 1.74. The molecule has 0 saturated heterocycles. The van der Waals surface area contributed by atoms with E-state index in [1.807, 2.05) is 6.92 Å². The first-order valence-corrected chi connectivity index (χ1v) is 5.61. The largest absolute Gasteiger partial charge is 0.234 e. The molecule has 0 radical (unpaired) electrons. The van der Waals surface area contributed by atoms with Crippen LogP contribution in [-0.4, -0.2) is 19.9 Å². The maximum absolute atomic E-state index is 5.95. The molecule has 2 rings (SSSR count). The molecule has 0 unspecified atom stereocenters. The van der Waals surface area contributed by atoms with Crippen molar-refractivity contribution in [1.82, 2.24) is 19.9 Å². The summed E-state index contributed by atoms with van der Waals surface area (Å²) >= 11 is 8.06. The second kappa shape index (κ2) is 4.36. The van der Waals surface area contributed by atoms with E-state index in [9.17, 15) is 0 Å². The minimum absolute atomic E-state index is 0.436. The van der Waals surface area contributed by atoms with Crippen molar-refractivity contribution in [1.29, 1.82) is 0 Å². The molecular formula is C9H6ClIN4. The Labute approximate surface area is 105 Å². The number of rotatable bonds is 1. The van der Waals surface area contributed by atoms with Gasteiger partial charge in [-0.15, -0.1) is 0 Å². The fourth-order valence-corrected chi connectivity index (χ4v) is 1.50. The summed E-state index contributed by atoms with van der Waals surface area (Å²) in [6, 6.07) is 1.74. The molecule has 0 saturated carbocycles. The lowest BCUT2D eigenvalue weighted by Crippen LogP contribution is -1.99. The Kier molecular flexibility index (Phi) is 3.11. The summed E-state index contributed by atoms with van der Waals surface area (Å²) in [4.78, 5) is 16.5. The first-order valence-electron chi connectivity index (χ1n) is 4.15. The van der Waals surface area contributed by atoms with Gasteiger partial charge in [0.15, 0.2) is 11.6 Å². The zero-order valence-corrected chi connectivity index (χ0v) is 10.7. The molecule has 0 aliphatic carbocycles. The Morgan fingerprint density at radius 1 is 1.13 bits per heavy atom. The first kappa shape index (κ1) is 10.7. The van der Waals surface area contributed by atoms with Gasteiger partial charge in [0.05, 0.1) is 9.26 Å². The Balaban J connectivity index is 2.56. The highest BCUT2D eigenvalue weighted by Gasteiger charge is 2.10. The number of nitrogens with zero attached hydrogens (tertiary/aromatic N) is 4. The van der Waals surface area contributed by atoms with E-state index in [4.69, 9.17) is 11.6 Å². The maximum Gasteiger partial charge on any atom is 0.199 e. The molecule has 2 heterocycles. The summed E-state index contributed by atoms with van der Waals surface area (Å²) in [7, 11) is 0. The van der Waals surface area contributed by atoms with Crippen molar-refractivity contribution in [3.8, 4) is 11.6 Å². The van der Waals surface area contributed by atoms with Gasteiger partial charge in [0.2, 0.25) is 0 Å². The molecule has 4 nitrogen and oxygen atoms in total. The molecule has 76 valence electrons. The van der Waals surface area contributed by atoms with Crippen molar-refractivity contribution in [3.05, 3.63) is 32.9 Å². The SMILES string of the molecule is Cc1nc(-c2ncccn2)nc(Cl)c1I. The predicted molar refractivity (Wildman–Crippen MR) is 65.5 cm³/mol. The Morgan fingerprint density at radius 3 is 2.40 bits per heavy atom. The molecule has 2 aromatic rings. The molecule has 0 aliphatic heterocycles. The number of hydrogen-bond acceptors (Lipinski definition) is 4. The average molecular weight is 333 g/mol. The van der Waals surface area contributed by atoms with Crippen LogP contribution in [0, 0.1) is 10.5 Å². The Hall–Kier alpha value is -0.820. The van der Waals surface area contributed by atoms with Crippen LogP contribution in [0.4, 0.5) is 0 Å². The smallest absolute Gasteiger partial charge is 0.199 e. The average Bonchev–Trinajstić information content (AvgIpc) is 2.26. The highest BCUT2D eigenvalue weighted by atomic mass is 127. The van der Waals surface area contributed by atoms with Gasteiger partial charge >= 0.3 is 0 Å². The van der Waals surface area contributed by atoms with Gasteiger partial charge in [0.25, 0.3) is 0 Å². The van der Waals surface area contributed by atoms with Gasteiger partial charge in [-0.3, -0.25) is 0 Å². The van der Waals surface area contributed by atoms with Crippen LogP contribution in [-0.2, 0) is 0 Å². The third-order valence-corrected chi connectivity index (χ3v) is 3.63. The monoisotopic (exact) mass is 332 g/mol. The molecule has 0 N–H and O–H groups in total. The molecule has 0 aromatic carbocycles. The van der Waals surface area contributed by atoms with E-state index >= 15 is 0 Å². The van der Waals surface area contributed by atoms with Gasteiger partial charge in [-0.2, -0.15) is 0 Å². The predicted octanol–water partition coefficient (Wildman–Crippen LogP) is 2.50. The molecule has 0 atom stereocenters. The van der Waals surface area contributed by atoms with Crippen LogP contribution in [0.15, 0.2) is 18.5 Å². The van der Waals surface area contributed by atoms with Crippen molar-refractivity contribution in [2.24, 2.45) is 0 Å². The minimum Gasteiger partial charge on any atom is -0.234 e. The number of hydrogen-bond donors (Lipinski definition) is 0. The fraction of sp³-hybridized carbons (Fsp3) is 0.111. The molecule has 2 aromatic heterocycles. The number of aromatic nitrogens is 4. The van der Waals surface area contributed by atoms with Crippen LogP contribution < -0.4 is 0 Å². The van der Waals surface area contributed by atoms with E-state index in [1.165, 1.54) is 0 Å². The lowest BCUT2D eigenvalue weighted by molar-refractivity contribution is 1.04. The van der Waals surface area contributed by atoms with Gasteiger partial charge in [-0.1, -0.05) is 11.6 Å². The lowest BCUT2D eigenvalue weighted by atomic mass is 10.4.